The van der Waals surface area contributed by atoms with Crippen LogP contribution in [0.3, 0.4) is 0 Å². The number of amides is 2. The first-order valence-electron chi connectivity index (χ1n) is 11.0. The van der Waals surface area contributed by atoms with E-state index in [9.17, 15) is 9.59 Å². The molecule has 1 aromatic carbocycles. The van der Waals surface area contributed by atoms with Crippen molar-refractivity contribution >= 4 is 28.5 Å². The van der Waals surface area contributed by atoms with Gasteiger partial charge in [0, 0.05) is 30.9 Å². The molecule has 3 atom stereocenters. The molecule has 0 saturated carbocycles. The van der Waals surface area contributed by atoms with Gasteiger partial charge in [0.2, 0.25) is 11.8 Å². The molecule has 7 nitrogen and oxygen atoms in total. The van der Waals surface area contributed by atoms with Gasteiger partial charge in [-0.15, -0.1) is 0 Å². The minimum absolute atomic E-state index is 0.00799. The van der Waals surface area contributed by atoms with Crippen LogP contribution in [0, 0.1) is 11.8 Å². The number of nitrogens with one attached hydrogen (secondary N) is 2. The third-order valence-electron chi connectivity index (χ3n) is 6.97. The number of aromatic amines is 1. The van der Waals surface area contributed by atoms with Crippen molar-refractivity contribution in [2.24, 2.45) is 11.8 Å². The first-order chi connectivity index (χ1) is 14.2. The molecule has 4 heterocycles. The number of H-pyrrole nitrogens is 1. The monoisotopic (exact) mass is 395 g/mol. The zero-order valence-corrected chi connectivity index (χ0v) is 16.8. The van der Waals surface area contributed by atoms with Gasteiger partial charge in [-0.1, -0.05) is 18.6 Å². The number of anilines is 1. The van der Waals surface area contributed by atoms with Crippen LogP contribution in [-0.4, -0.2) is 59.1 Å². The molecule has 0 bridgehead atoms. The Morgan fingerprint density at radius 2 is 2.03 bits per heavy atom. The molecule has 0 spiro atoms. The van der Waals surface area contributed by atoms with Crippen molar-refractivity contribution in [2.75, 3.05) is 31.1 Å². The maximum atomic E-state index is 12.8. The number of rotatable bonds is 4. The van der Waals surface area contributed by atoms with Crippen LogP contribution in [0.2, 0.25) is 0 Å². The fourth-order valence-electron chi connectivity index (χ4n) is 5.43. The van der Waals surface area contributed by atoms with E-state index >= 15 is 0 Å². The Morgan fingerprint density at radius 1 is 1.17 bits per heavy atom. The van der Waals surface area contributed by atoms with Crippen LogP contribution >= 0.6 is 0 Å². The van der Waals surface area contributed by atoms with Crippen molar-refractivity contribution in [3.63, 3.8) is 0 Å². The highest BCUT2D eigenvalue weighted by molar-refractivity contribution is 6.05. The number of benzene rings is 1. The molecule has 0 aliphatic carbocycles. The van der Waals surface area contributed by atoms with Gasteiger partial charge in [-0.2, -0.15) is 5.10 Å². The number of carbonyl (C=O) groups is 2. The largest absolute Gasteiger partial charge is 0.355 e. The molecule has 1 aromatic heterocycles. The van der Waals surface area contributed by atoms with E-state index in [0.717, 1.165) is 17.4 Å². The molecular formula is C22H29N5O2. The maximum Gasteiger partial charge on any atom is 0.229 e. The molecule has 7 heteroatoms. The van der Waals surface area contributed by atoms with Crippen molar-refractivity contribution in [1.82, 2.24) is 20.4 Å². The van der Waals surface area contributed by atoms with Crippen molar-refractivity contribution in [3.8, 4) is 0 Å². The first-order valence-corrected chi connectivity index (χ1v) is 11.0. The van der Waals surface area contributed by atoms with Crippen LogP contribution in [0.5, 0.6) is 0 Å². The fraction of sp³-hybridized carbons (Fsp3) is 0.591. The number of hydrogen-bond donors (Lipinski definition) is 2. The SMILES string of the molecule is O=C(NC[C@H]1CCCN2CCCC[C@@H]12)C1CC(=O)N(c2n[nH]c3ccccc23)C1. The number of piperidine rings is 2. The number of para-hydroxylation sites is 1. The lowest BCUT2D eigenvalue weighted by Crippen LogP contribution is -2.51. The Labute approximate surface area is 170 Å². The number of nitrogens with zero attached hydrogens (tertiary/aromatic N) is 3. The predicted octanol–water partition coefficient (Wildman–Crippen LogP) is 2.30. The summed E-state index contributed by atoms with van der Waals surface area (Å²) < 4.78 is 0. The van der Waals surface area contributed by atoms with Crippen molar-refractivity contribution < 1.29 is 9.59 Å². The Morgan fingerprint density at radius 3 is 2.97 bits per heavy atom. The summed E-state index contributed by atoms with van der Waals surface area (Å²) in [6, 6.07) is 8.38. The maximum absolute atomic E-state index is 12.8. The van der Waals surface area contributed by atoms with Crippen LogP contribution in [0.25, 0.3) is 10.9 Å². The smallest absolute Gasteiger partial charge is 0.229 e. The van der Waals surface area contributed by atoms with E-state index in [1.807, 2.05) is 24.3 Å². The molecule has 3 aliphatic rings. The summed E-state index contributed by atoms with van der Waals surface area (Å²) in [5, 5.41) is 11.4. The minimum atomic E-state index is -0.302. The van der Waals surface area contributed by atoms with Crippen LogP contribution in [0.4, 0.5) is 5.82 Å². The van der Waals surface area contributed by atoms with Gasteiger partial charge < -0.3 is 10.2 Å². The summed E-state index contributed by atoms with van der Waals surface area (Å²) in [6.45, 7) is 3.55. The van der Waals surface area contributed by atoms with Crippen LogP contribution < -0.4 is 10.2 Å². The van der Waals surface area contributed by atoms with Crippen LogP contribution in [-0.2, 0) is 9.59 Å². The Kier molecular flexibility index (Phi) is 4.99. The molecule has 0 radical (unpaired) electrons. The molecule has 5 rings (SSSR count). The molecule has 2 aromatic rings. The van der Waals surface area contributed by atoms with Crippen molar-refractivity contribution in [2.45, 2.75) is 44.6 Å². The van der Waals surface area contributed by atoms with Gasteiger partial charge >= 0.3 is 0 Å². The second kappa shape index (κ2) is 7.78. The summed E-state index contributed by atoms with van der Waals surface area (Å²) in [5.74, 6) is 0.846. The molecule has 2 N–H and O–H groups in total. The highest BCUT2D eigenvalue weighted by Crippen LogP contribution is 2.32. The number of aromatic nitrogens is 2. The minimum Gasteiger partial charge on any atom is -0.355 e. The molecule has 154 valence electrons. The molecule has 3 fully saturated rings. The van der Waals surface area contributed by atoms with E-state index in [4.69, 9.17) is 0 Å². The fourth-order valence-corrected chi connectivity index (χ4v) is 5.43. The number of fused-ring (bicyclic) bond motifs is 2. The molecule has 1 unspecified atom stereocenters. The van der Waals surface area contributed by atoms with Gasteiger partial charge in [0.25, 0.3) is 0 Å². The van der Waals surface area contributed by atoms with Gasteiger partial charge in [-0.05, 0) is 56.8 Å². The van der Waals surface area contributed by atoms with E-state index in [-0.39, 0.29) is 24.2 Å². The van der Waals surface area contributed by atoms with Crippen LogP contribution in [0.15, 0.2) is 24.3 Å². The summed E-state index contributed by atoms with van der Waals surface area (Å²) in [6.07, 6.45) is 6.53. The average molecular weight is 396 g/mol. The van der Waals surface area contributed by atoms with Crippen LogP contribution in [0.1, 0.15) is 38.5 Å². The lowest BCUT2D eigenvalue weighted by molar-refractivity contribution is -0.126. The first kappa shape index (κ1) is 18.6. The highest BCUT2D eigenvalue weighted by atomic mass is 16.2. The van der Waals surface area contributed by atoms with Crippen molar-refractivity contribution in [1.29, 1.82) is 0 Å². The van der Waals surface area contributed by atoms with Gasteiger partial charge in [0.05, 0.1) is 11.4 Å². The zero-order valence-electron chi connectivity index (χ0n) is 16.8. The van der Waals surface area contributed by atoms with Gasteiger partial charge in [0.1, 0.15) is 0 Å². The Balaban J connectivity index is 1.21. The summed E-state index contributed by atoms with van der Waals surface area (Å²) in [4.78, 5) is 29.7. The average Bonchev–Trinajstić information content (AvgIpc) is 3.35. The van der Waals surface area contributed by atoms with Gasteiger partial charge in [0.15, 0.2) is 5.82 Å². The topological polar surface area (TPSA) is 81.3 Å². The van der Waals surface area contributed by atoms with E-state index in [0.29, 0.717) is 24.3 Å². The third-order valence-corrected chi connectivity index (χ3v) is 6.97. The quantitative estimate of drug-likeness (QED) is 0.832. The molecule has 3 aliphatic heterocycles. The lowest BCUT2D eigenvalue weighted by Gasteiger charge is -2.44. The molecule has 29 heavy (non-hydrogen) atoms. The predicted molar refractivity (Wildman–Crippen MR) is 111 cm³/mol. The lowest BCUT2D eigenvalue weighted by atomic mass is 9.83. The second-order valence-electron chi connectivity index (χ2n) is 8.74. The second-order valence-corrected chi connectivity index (χ2v) is 8.74. The molecule has 3 saturated heterocycles. The van der Waals surface area contributed by atoms with Crippen molar-refractivity contribution in [3.05, 3.63) is 24.3 Å². The number of carbonyl (C=O) groups excluding carboxylic acids is 2. The summed E-state index contributed by atoms with van der Waals surface area (Å²) in [7, 11) is 0. The highest BCUT2D eigenvalue weighted by Gasteiger charge is 2.38. The Hall–Kier alpha value is -2.41. The zero-order chi connectivity index (χ0) is 19.8. The van der Waals surface area contributed by atoms with E-state index in [2.05, 4.69) is 20.4 Å². The van der Waals surface area contributed by atoms with Gasteiger partial charge in [-0.3, -0.25) is 19.6 Å². The number of hydrogen-bond acceptors (Lipinski definition) is 4. The third kappa shape index (κ3) is 3.52. The van der Waals surface area contributed by atoms with E-state index in [1.165, 1.54) is 45.2 Å². The van der Waals surface area contributed by atoms with Gasteiger partial charge in [-0.25, -0.2) is 0 Å². The van der Waals surface area contributed by atoms with E-state index in [1.54, 1.807) is 4.90 Å². The standard InChI is InChI=1S/C22H29N5O2/c28-20-12-16(14-27(20)21-17-7-1-2-8-18(17)24-25-21)22(29)23-13-15-6-5-11-26-10-4-3-9-19(15)26/h1-2,7-8,15-16,19H,3-6,9-14H2,(H,23,29)(H,24,25)/t15-,16?,19+/m1/s1. The molecular weight excluding hydrogens is 366 g/mol. The Bertz CT molecular complexity index is 907. The van der Waals surface area contributed by atoms with E-state index < -0.39 is 0 Å². The normalized spacial score (nSPS) is 27.9. The molecule has 2 amide bonds. The summed E-state index contributed by atoms with van der Waals surface area (Å²) >= 11 is 0. The summed E-state index contributed by atoms with van der Waals surface area (Å²) in [5.41, 5.74) is 0.900.